The third-order valence-corrected chi connectivity index (χ3v) is 2.75. The summed E-state index contributed by atoms with van der Waals surface area (Å²) in [6.45, 7) is 2.89. The molecule has 1 saturated heterocycles. The van der Waals surface area contributed by atoms with Crippen LogP contribution in [0.25, 0.3) is 0 Å². The molecule has 0 spiro atoms. The van der Waals surface area contributed by atoms with Crippen molar-refractivity contribution in [3.05, 3.63) is 29.8 Å². The van der Waals surface area contributed by atoms with Gasteiger partial charge in [0.2, 0.25) is 0 Å². The van der Waals surface area contributed by atoms with E-state index in [2.05, 4.69) is 0 Å². The van der Waals surface area contributed by atoms with Crippen LogP contribution in [0.1, 0.15) is 36.5 Å². The lowest BCUT2D eigenvalue weighted by Crippen LogP contribution is -2.25. The van der Waals surface area contributed by atoms with Crippen LogP contribution in [-0.4, -0.2) is 25.5 Å². The highest BCUT2D eigenvalue weighted by molar-refractivity contribution is 5.89. The lowest BCUT2D eigenvalue weighted by molar-refractivity contribution is -0.105. The van der Waals surface area contributed by atoms with Gasteiger partial charge in [-0.2, -0.15) is 0 Å². The molecule has 98 valence electrons. The molecule has 0 radical (unpaired) electrons. The van der Waals surface area contributed by atoms with E-state index in [0.717, 1.165) is 25.9 Å². The van der Waals surface area contributed by atoms with Gasteiger partial charge >= 0.3 is 5.97 Å². The molecular formula is C14H18O4. The van der Waals surface area contributed by atoms with E-state index in [-0.39, 0.29) is 12.3 Å². The summed E-state index contributed by atoms with van der Waals surface area (Å²) < 4.78 is 16.1. The van der Waals surface area contributed by atoms with Gasteiger partial charge < -0.3 is 14.2 Å². The molecule has 0 aliphatic carbocycles. The van der Waals surface area contributed by atoms with Crippen molar-refractivity contribution in [2.45, 2.75) is 32.5 Å². The second-order valence-corrected chi connectivity index (χ2v) is 4.16. The van der Waals surface area contributed by atoms with Crippen molar-refractivity contribution in [3.63, 3.8) is 0 Å². The zero-order valence-corrected chi connectivity index (χ0v) is 10.6. The first kappa shape index (κ1) is 12.9. The van der Waals surface area contributed by atoms with Gasteiger partial charge in [-0.3, -0.25) is 0 Å². The van der Waals surface area contributed by atoms with Crippen molar-refractivity contribution in [2.75, 3.05) is 13.2 Å². The predicted octanol–water partition coefficient (Wildman–Crippen LogP) is 2.77. The van der Waals surface area contributed by atoms with E-state index in [4.69, 9.17) is 14.2 Å². The molecule has 1 fully saturated rings. The number of esters is 1. The monoisotopic (exact) mass is 250 g/mol. The van der Waals surface area contributed by atoms with Crippen molar-refractivity contribution >= 4 is 5.97 Å². The van der Waals surface area contributed by atoms with Gasteiger partial charge in [-0.15, -0.1) is 0 Å². The van der Waals surface area contributed by atoms with E-state index in [1.807, 2.05) is 6.07 Å². The summed E-state index contributed by atoms with van der Waals surface area (Å²) in [4.78, 5) is 11.6. The first-order valence-electron chi connectivity index (χ1n) is 6.35. The van der Waals surface area contributed by atoms with E-state index in [1.165, 1.54) is 0 Å². The number of carbonyl (C=O) groups is 1. The van der Waals surface area contributed by atoms with Gasteiger partial charge in [-0.25, -0.2) is 4.79 Å². The van der Waals surface area contributed by atoms with Crippen LogP contribution in [0.2, 0.25) is 0 Å². The molecule has 0 unspecified atom stereocenters. The zero-order chi connectivity index (χ0) is 12.8. The van der Waals surface area contributed by atoms with Crippen LogP contribution in [0.15, 0.2) is 24.3 Å². The first-order valence-corrected chi connectivity index (χ1v) is 6.35. The average Bonchev–Trinajstić information content (AvgIpc) is 2.40. The molecular weight excluding hydrogens is 232 g/mol. The largest absolute Gasteiger partial charge is 0.465 e. The summed E-state index contributed by atoms with van der Waals surface area (Å²) in [5.41, 5.74) is 0.505. The van der Waals surface area contributed by atoms with E-state index >= 15 is 0 Å². The lowest BCUT2D eigenvalue weighted by Gasteiger charge is -2.23. The topological polar surface area (TPSA) is 44.8 Å². The van der Waals surface area contributed by atoms with Crippen molar-refractivity contribution in [1.82, 2.24) is 0 Å². The Morgan fingerprint density at radius 3 is 3.06 bits per heavy atom. The van der Waals surface area contributed by atoms with Crippen LogP contribution in [0.4, 0.5) is 0 Å². The fourth-order valence-corrected chi connectivity index (χ4v) is 1.87. The minimum atomic E-state index is -0.326. The molecule has 0 bridgehead atoms. The molecule has 1 aliphatic rings. The fraction of sp³-hybridized carbons (Fsp3) is 0.500. The summed E-state index contributed by atoms with van der Waals surface area (Å²) in [7, 11) is 0. The molecule has 0 aromatic heterocycles. The zero-order valence-electron chi connectivity index (χ0n) is 10.6. The second-order valence-electron chi connectivity index (χ2n) is 4.16. The smallest absolute Gasteiger partial charge is 0.338 e. The van der Waals surface area contributed by atoms with Gasteiger partial charge in [0.1, 0.15) is 5.75 Å². The summed E-state index contributed by atoms with van der Waals surface area (Å²) >= 11 is 0. The Hall–Kier alpha value is -1.55. The molecule has 1 atom stereocenters. The van der Waals surface area contributed by atoms with Crippen LogP contribution < -0.4 is 4.74 Å². The maximum Gasteiger partial charge on any atom is 0.338 e. The summed E-state index contributed by atoms with van der Waals surface area (Å²) in [6.07, 6.45) is 2.89. The van der Waals surface area contributed by atoms with Crippen LogP contribution in [0.5, 0.6) is 5.75 Å². The van der Waals surface area contributed by atoms with Gasteiger partial charge in [-0.1, -0.05) is 6.07 Å². The quantitative estimate of drug-likeness (QED) is 0.771. The average molecular weight is 250 g/mol. The van der Waals surface area contributed by atoms with Gasteiger partial charge in [0.25, 0.3) is 0 Å². The van der Waals surface area contributed by atoms with Crippen LogP contribution in [0, 0.1) is 0 Å². The highest BCUT2D eigenvalue weighted by Crippen LogP contribution is 2.20. The molecule has 4 heteroatoms. The van der Waals surface area contributed by atoms with E-state index in [9.17, 15) is 4.79 Å². The van der Waals surface area contributed by atoms with Gasteiger partial charge in [0.05, 0.1) is 18.8 Å². The Balaban J connectivity index is 2.00. The highest BCUT2D eigenvalue weighted by Gasteiger charge is 2.16. The molecule has 1 aromatic rings. The fourth-order valence-electron chi connectivity index (χ4n) is 1.87. The molecule has 1 aliphatic heterocycles. The Morgan fingerprint density at radius 1 is 1.44 bits per heavy atom. The minimum Gasteiger partial charge on any atom is -0.465 e. The first-order chi connectivity index (χ1) is 8.79. The standard InChI is InChI=1S/C14H18O4/c1-2-16-14(15)11-6-5-7-12(10-11)18-13-8-3-4-9-17-13/h5-7,10,13H,2-4,8-9H2,1H3/t13-/m1/s1. The number of rotatable bonds is 4. The molecule has 2 rings (SSSR count). The summed E-state index contributed by atoms with van der Waals surface area (Å²) in [5.74, 6) is 0.319. The number of benzene rings is 1. The van der Waals surface area contributed by atoms with Gasteiger partial charge in [0.15, 0.2) is 6.29 Å². The summed E-state index contributed by atoms with van der Waals surface area (Å²) in [5, 5.41) is 0. The van der Waals surface area contributed by atoms with Crippen molar-refractivity contribution < 1.29 is 19.0 Å². The molecule has 18 heavy (non-hydrogen) atoms. The van der Waals surface area contributed by atoms with E-state index < -0.39 is 0 Å². The van der Waals surface area contributed by atoms with Gasteiger partial charge in [0, 0.05) is 6.42 Å². The maximum absolute atomic E-state index is 11.6. The Labute approximate surface area is 107 Å². The molecule has 0 amide bonds. The molecule has 0 N–H and O–H groups in total. The third kappa shape index (κ3) is 3.47. The minimum absolute atomic E-state index is 0.198. The Bertz CT molecular complexity index is 397. The van der Waals surface area contributed by atoms with E-state index in [0.29, 0.717) is 17.9 Å². The number of hydrogen-bond acceptors (Lipinski definition) is 4. The highest BCUT2D eigenvalue weighted by atomic mass is 16.7. The number of carbonyl (C=O) groups excluding carboxylic acids is 1. The number of hydrogen-bond donors (Lipinski definition) is 0. The molecule has 1 heterocycles. The Kier molecular flexibility index (Phi) is 4.59. The summed E-state index contributed by atoms with van der Waals surface area (Å²) in [6, 6.07) is 7.01. The molecule has 1 aromatic carbocycles. The van der Waals surface area contributed by atoms with Crippen molar-refractivity contribution in [1.29, 1.82) is 0 Å². The second kappa shape index (κ2) is 6.40. The molecule has 4 nitrogen and oxygen atoms in total. The SMILES string of the molecule is CCOC(=O)c1cccc(O[C@@H]2CCCCO2)c1. The maximum atomic E-state index is 11.6. The van der Waals surface area contributed by atoms with Crippen LogP contribution in [0.3, 0.4) is 0 Å². The van der Waals surface area contributed by atoms with E-state index in [1.54, 1.807) is 25.1 Å². The number of ether oxygens (including phenoxy) is 3. The molecule has 0 saturated carbocycles. The normalized spacial score (nSPS) is 19.3. The van der Waals surface area contributed by atoms with Crippen LogP contribution >= 0.6 is 0 Å². The van der Waals surface area contributed by atoms with Crippen LogP contribution in [-0.2, 0) is 9.47 Å². The Morgan fingerprint density at radius 2 is 2.33 bits per heavy atom. The third-order valence-electron chi connectivity index (χ3n) is 2.75. The van der Waals surface area contributed by atoms with Gasteiger partial charge in [-0.05, 0) is 38.0 Å². The predicted molar refractivity (Wildman–Crippen MR) is 66.6 cm³/mol. The van der Waals surface area contributed by atoms with Crippen molar-refractivity contribution in [3.8, 4) is 5.75 Å². The lowest BCUT2D eigenvalue weighted by atomic mass is 10.2. The van der Waals surface area contributed by atoms with Crippen molar-refractivity contribution in [2.24, 2.45) is 0 Å².